The Bertz CT molecular complexity index is 1340. The summed E-state index contributed by atoms with van der Waals surface area (Å²) in [5.41, 5.74) is 3.90. The number of phenolic OH excluding ortho intramolecular Hbond substituents is 1. The zero-order chi connectivity index (χ0) is 28.5. The van der Waals surface area contributed by atoms with Gasteiger partial charge in [0.25, 0.3) is 5.91 Å². The van der Waals surface area contributed by atoms with E-state index in [1.54, 1.807) is 14.1 Å². The van der Waals surface area contributed by atoms with Gasteiger partial charge in [0, 0.05) is 44.4 Å². The Balaban J connectivity index is 1.74. The molecule has 4 atom stereocenters. The number of rotatable bonds is 4. The number of aliphatic hydroxyl groups is 3. The van der Waals surface area contributed by atoms with Crippen molar-refractivity contribution in [3.8, 4) is 5.75 Å². The van der Waals surface area contributed by atoms with Crippen molar-refractivity contribution in [2.75, 3.05) is 51.1 Å². The van der Waals surface area contributed by atoms with Gasteiger partial charge in [-0.15, -0.1) is 0 Å². The fraction of sp³-hybridized carbons (Fsp3) is 0.536. The quantitative estimate of drug-likeness (QED) is 0.348. The molecular formula is C28H36N4O7. The highest BCUT2D eigenvalue weighted by molar-refractivity contribution is 6.24. The van der Waals surface area contributed by atoms with Crippen LogP contribution in [0.4, 0.5) is 11.4 Å². The van der Waals surface area contributed by atoms with E-state index < -0.39 is 58.0 Å². The van der Waals surface area contributed by atoms with E-state index in [-0.39, 0.29) is 29.7 Å². The molecule has 11 nitrogen and oxygen atoms in total. The monoisotopic (exact) mass is 540 g/mol. The number of anilines is 2. The SMILES string of the molecule is CN(C)c1cc(N2CCCCC2)c(O)c2c1C[C@H]1C[C@H]3[C@H](N(C)C)C(=O)C(C(N)=O)=C(O)[C@@]3(O)C(=O)C1=C2O. The summed E-state index contributed by atoms with van der Waals surface area (Å²) in [5.74, 6) is -6.42. The van der Waals surface area contributed by atoms with Gasteiger partial charge < -0.3 is 36.0 Å². The van der Waals surface area contributed by atoms with E-state index in [0.717, 1.165) is 38.0 Å². The third-order valence-corrected chi connectivity index (χ3v) is 8.86. The van der Waals surface area contributed by atoms with Gasteiger partial charge in [-0.1, -0.05) is 0 Å². The zero-order valence-corrected chi connectivity index (χ0v) is 22.7. The van der Waals surface area contributed by atoms with Gasteiger partial charge in [-0.3, -0.25) is 19.3 Å². The molecule has 6 N–H and O–H groups in total. The number of phenols is 1. The molecule has 1 aliphatic heterocycles. The molecule has 11 heteroatoms. The first-order valence-electron chi connectivity index (χ1n) is 13.3. The standard InChI is InChI=1S/C28H36N4O7/c1-30(2)16-12-17(32-8-6-5-7-9-32)22(33)19-14(16)10-13-11-15-21(31(3)4)24(35)20(27(29)38)26(37)28(15,39)25(36)18(13)23(19)34/h12-13,15,21,33-34,37,39H,5-11H2,1-4H3,(H2,29,38)/t13-,15-,21-,28-/m0/s1. The van der Waals surface area contributed by atoms with E-state index in [1.807, 2.05) is 25.1 Å². The van der Waals surface area contributed by atoms with Crippen LogP contribution in [0.25, 0.3) is 5.76 Å². The number of aromatic hydroxyl groups is 1. The van der Waals surface area contributed by atoms with Crippen molar-refractivity contribution in [3.05, 3.63) is 34.1 Å². The number of Topliss-reactive ketones (excluding diaryl/α,β-unsaturated/α-hetero) is 2. The maximum Gasteiger partial charge on any atom is 0.255 e. The summed E-state index contributed by atoms with van der Waals surface area (Å²) >= 11 is 0. The topological polar surface area (TPSA) is 168 Å². The van der Waals surface area contributed by atoms with Crippen molar-refractivity contribution < 1.29 is 34.8 Å². The van der Waals surface area contributed by atoms with Crippen molar-refractivity contribution in [1.29, 1.82) is 0 Å². The second kappa shape index (κ2) is 9.27. The van der Waals surface area contributed by atoms with Crippen molar-refractivity contribution in [3.63, 3.8) is 0 Å². The molecule has 2 fully saturated rings. The van der Waals surface area contributed by atoms with Gasteiger partial charge in [0.2, 0.25) is 5.78 Å². The predicted octanol–water partition coefficient (Wildman–Crippen LogP) is 1.02. The number of aliphatic hydroxyl groups excluding tert-OH is 2. The van der Waals surface area contributed by atoms with Crippen molar-refractivity contribution in [2.45, 2.75) is 43.7 Å². The van der Waals surface area contributed by atoms with Gasteiger partial charge in [-0.2, -0.15) is 0 Å². The Morgan fingerprint density at radius 1 is 1.08 bits per heavy atom. The molecule has 1 saturated carbocycles. The van der Waals surface area contributed by atoms with Crippen LogP contribution in [0.1, 0.15) is 36.8 Å². The summed E-state index contributed by atoms with van der Waals surface area (Å²) in [6.07, 6.45) is 3.35. The fourth-order valence-corrected chi connectivity index (χ4v) is 7.05. The van der Waals surface area contributed by atoms with E-state index in [0.29, 0.717) is 11.3 Å². The van der Waals surface area contributed by atoms with Crippen LogP contribution >= 0.6 is 0 Å². The lowest BCUT2D eigenvalue weighted by Crippen LogP contribution is -2.65. The van der Waals surface area contributed by atoms with Gasteiger partial charge in [-0.25, -0.2) is 0 Å². The summed E-state index contributed by atoms with van der Waals surface area (Å²) in [6.45, 7) is 1.49. The Labute approximate surface area is 226 Å². The predicted molar refractivity (Wildman–Crippen MR) is 145 cm³/mol. The minimum Gasteiger partial charge on any atom is -0.508 e. The number of primary amides is 1. The highest BCUT2D eigenvalue weighted by Gasteiger charge is 2.64. The number of piperidine rings is 1. The van der Waals surface area contributed by atoms with Crippen LogP contribution in [0.2, 0.25) is 0 Å². The molecule has 0 bridgehead atoms. The van der Waals surface area contributed by atoms with Crippen LogP contribution < -0.4 is 15.5 Å². The first kappa shape index (κ1) is 27.0. The lowest BCUT2D eigenvalue weighted by atomic mass is 9.57. The smallest absolute Gasteiger partial charge is 0.255 e. The number of hydrogen-bond acceptors (Lipinski definition) is 10. The van der Waals surface area contributed by atoms with E-state index >= 15 is 0 Å². The number of benzene rings is 1. The Morgan fingerprint density at radius 2 is 1.72 bits per heavy atom. The molecule has 3 aliphatic carbocycles. The number of ketones is 2. The highest BCUT2D eigenvalue weighted by atomic mass is 16.3. The third-order valence-electron chi connectivity index (χ3n) is 8.86. The largest absolute Gasteiger partial charge is 0.508 e. The van der Waals surface area contributed by atoms with E-state index in [2.05, 4.69) is 4.90 Å². The van der Waals surface area contributed by atoms with Crippen molar-refractivity contribution in [1.82, 2.24) is 4.90 Å². The van der Waals surface area contributed by atoms with Gasteiger partial charge in [0.15, 0.2) is 11.4 Å². The Hall–Kier alpha value is -3.57. The number of amides is 1. The van der Waals surface area contributed by atoms with Crippen molar-refractivity contribution in [2.24, 2.45) is 17.6 Å². The molecular weight excluding hydrogens is 504 g/mol. The molecule has 1 aromatic carbocycles. The molecule has 1 saturated heterocycles. The Kier molecular flexibility index (Phi) is 6.42. The molecule has 5 rings (SSSR count). The minimum absolute atomic E-state index is 0.0628. The summed E-state index contributed by atoms with van der Waals surface area (Å²) in [7, 11) is 6.89. The normalized spacial score (nSPS) is 28.9. The summed E-state index contributed by atoms with van der Waals surface area (Å²) < 4.78 is 0. The molecule has 0 spiro atoms. The van der Waals surface area contributed by atoms with Crippen LogP contribution in [-0.4, -0.2) is 95.7 Å². The van der Waals surface area contributed by atoms with Gasteiger partial charge >= 0.3 is 0 Å². The van der Waals surface area contributed by atoms with Crippen LogP contribution in [0, 0.1) is 11.8 Å². The third kappa shape index (κ3) is 3.74. The molecule has 0 aromatic heterocycles. The molecule has 1 aromatic rings. The number of fused-ring (bicyclic) bond motifs is 3. The highest BCUT2D eigenvalue weighted by Crippen LogP contribution is 2.55. The molecule has 0 radical (unpaired) electrons. The van der Waals surface area contributed by atoms with E-state index in [1.165, 1.54) is 4.90 Å². The first-order valence-corrected chi connectivity index (χ1v) is 13.3. The number of carbonyl (C=O) groups is 3. The first-order chi connectivity index (χ1) is 18.3. The number of carbonyl (C=O) groups excluding carboxylic acids is 3. The average Bonchev–Trinajstić information content (AvgIpc) is 2.86. The van der Waals surface area contributed by atoms with Gasteiger partial charge in [0.1, 0.15) is 22.8 Å². The number of nitrogens with two attached hydrogens (primary N) is 1. The molecule has 4 aliphatic rings. The summed E-state index contributed by atoms with van der Waals surface area (Å²) in [4.78, 5) is 44.9. The van der Waals surface area contributed by atoms with Crippen molar-refractivity contribution >= 4 is 34.6 Å². The van der Waals surface area contributed by atoms with E-state index in [9.17, 15) is 34.8 Å². The molecule has 0 unspecified atom stereocenters. The van der Waals surface area contributed by atoms with Gasteiger partial charge in [0.05, 0.1) is 17.3 Å². The number of hydrogen-bond donors (Lipinski definition) is 5. The van der Waals surface area contributed by atoms with Crippen LogP contribution in [0.5, 0.6) is 5.75 Å². The number of nitrogens with zero attached hydrogens (tertiary/aromatic N) is 3. The van der Waals surface area contributed by atoms with Crippen LogP contribution in [0.15, 0.2) is 23.0 Å². The molecule has 1 heterocycles. The molecule has 39 heavy (non-hydrogen) atoms. The second-order valence-corrected chi connectivity index (χ2v) is 11.5. The lowest BCUT2D eigenvalue weighted by Gasteiger charge is -2.50. The zero-order valence-electron chi connectivity index (χ0n) is 22.7. The summed E-state index contributed by atoms with van der Waals surface area (Å²) in [6, 6.07) is 0.796. The minimum atomic E-state index is -2.64. The van der Waals surface area contributed by atoms with Crippen LogP contribution in [0.3, 0.4) is 0 Å². The Morgan fingerprint density at radius 3 is 2.28 bits per heavy atom. The summed E-state index contributed by atoms with van der Waals surface area (Å²) in [5, 5.41) is 45.9. The maximum absolute atomic E-state index is 14.1. The number of likely N-dealkylation sites (N-methyl/N-ethyl adjacent to an activating group) is 1. The second-order valence-electron chi connectivity index (χ2n) is 11.5. The fourth-order valence-electron chi connectivity index (χ4n) is 7.05. The molecule has 210 valence electrons. The molecule has 1 amide bonds. The van der Waals surface area contributed by atoms with Gasteiger partial charge in [-0.05, 0) is 63.7 Å². The van der Waals surface area contributed by atoms with Crippen LogP contribution in [-0.2, 0) is 20.8 Å². The lowest BCUT2D eigenvalue weighted by molar-refractivity contribution is -0.153. The maximum atomic E-state index is 14.1. The van der Waals surface area contributed by atoms with E-state index in [4.69, 9.17) is 5.73 Å². The average molecular weight is 541 g/mol.